The van der Waals surface area contributed by atoms with Gasteiger partial charge in [-0.15, -0.1) is 0 Å². The third-order valence-corrected chi connectivity index (χ3v) is 34.4. The Labute approximate surface area is 853 Å². The second-order valence-electron chi connectivity index (χ2n) is 35.3. The van der Waals surface area contributed by atoms with Crippen molar-refractivity contribution in [3.63, 3.8) is 0 Å². The number of thioether (sulfide) groups is 6. The van der Waals surface area contributed by atoms with Gasteiger partial charge in [-0.05, 0) is 79.4 Å². The lowest BCUT2D eigenvalue weighted by molar-refractivity contribution is -0.121. The number of carbonyl (C=O) groups excluding carboxylic acids is 5. The summed E-state index contributed by atoms with van der Waals surface area (Å²) in [5.41, 5.74) is 42.0. The van der Waals surface area contributed by atoms with Crippen LogP contribution < -0.4 is 62.0 Å². The number of aryl methyl sites for hydroxylation is 2. The standard InChI is InChI=1S/C24H21N3OS.C22H16ClN3OS.2C17H15N3OS.C16H13N3OS.C16H15N3S/c1-17-12-13-21-20(16-17)24(26-25-22(29-24)19-10-6-3-7-11-19)23(28)27(21)15-14-18-8-4-2-5-9-18;23-18-12-6-4-10-16(18)14-26-19-13-7-5-11-17(19)22(21(26)27)25-24-20(28-22)15-8-2-1-3-9-15;1-11-8-9-14-13(10-11)17(16(21)20(14)2)19-18-15(22-17)12-6-4-3-5-7-12;1-20-14-10-6-5-9-13(14)17(16(20)21)19-18-15(22-17)11-12-7-3-2-4-8-12;1-19-13-10-6-5-9-12(13)16(15(19)20)18-17-14(21-16)11-7-3-2-4-8-11;1-19-11-16(13-9-5-6-10-14(13)19)18-17-15(20-16)12-7-3-2-4-8-12/h2-13,16,26H,14-15H2,1H3;1-13,25H,14H2;3-10,19H,1-2H3;2-10,19H,11H2,1H3;2-10,18H,1H3;2-10,18H,11H2,1H3. The number of hydrazone groups is 6. The Balaban J connectivity index is 0.000000101. The van der Waals surface area contributed by atoms with Gasteiger partial charge in [0.1, 0.15) is 30.3 Å². The van der Waals surface area contributed by atoms with Crippen LogP contribution in [0.2, 0.25) is 5.02 Å². The number of hydrogen-bond donors (Lipinski definition) is 6. The number of amides is 5. The van der Waals surface area contributed by atoms with Gasteiger partial charge in [0, 0.05) is 113 Å². The molecular formula is C112H95ClN18O5S6. The molecule has 26 rings (SSSR count). The van der Waals surface area contributed by atoms with Crippen LogP contribution in [0.5, 0.6) is 0 Å². The second-order valence-corrected chi connectivity index (χ2v) is 43.1. The number of nitrogens with zero attached hydrogens (tertiary/aromatic N) is 12. The van der Waals surface area contributed by atoms with Crippen molar-refractivity contribution in [2.45, 2.75) is 62.5 Å². The Bertz CT molecular complexity index is 7470. The quantitative estimate of drug-likeness (QED) is 0.0665. The Morgan fingerprint density at radius 3 is 1.08 bits per heavy atom. The lowest BCUT2D eigenvalue weighted by Crippen LogP contribution is -2.45. The first kappa shape index (κ1) is 93.7. The van der Waals surface area contributed by atoms with Crippen LogP contribution in [0, 0.1) is 13.8 Å². The van der Waals surface area contributed by atoms with Crippen molar-refractivity contribution in [1.29, 1.82) is 0 Å². The van der Waals surface area contributed by atoms with Gasteiger partial charge in [-0.2, -0.15) is 30.6 Å². The average Bonchev–Trinajstić information content (AvgIpc) is 1.42. The summed E-state index contributed by atoms with van der Waals surface area (Å²) in [4.78, 5) is 72.3. The molecule has 14 aromatic carbocycles. The van der Waals surface area contributed by atoms with Gasteiger partial charge < -0.3 is 29.4 Å². The van der Waals surface area contributed by atoms with Crippen LogP contribution in [-0.2, 0) is 72.6 Å². The Kier molecular flexibility index (Phi) is 25.8. The maximum Gasteiger partial charge on any atom is 0.270 e. The molecule has 0 fully saturated rings. The third-order valence-electron chi connectivity index (χ3n) is 26.2. The predicted molar refractivity (Wildman–Crippen MR) is 584 cm³/mol. The van der Waals surface area contributed by atoms with E-state index in [2.05, 4.69) is 179 Å². The minimum atomic E-state index is -0.941. The summed E-state index contributed by atoms with van der Waals surface area (Å²) < 4.78 is 0. The molecule has 6 unspecified atom stereocenters. The molecule has 12 heterocycles. The topological polar surface area (TPSA) is 251 Å². The van der Waals surface area contributed by atoms with Gasteiger partial charge in [0.2, 0.25) is 24.4 Å². The maximum atomic E-state index is 13.7. The molecule has 12 aliphatic rings. The van der Waals surface area contributed by atoms with Crippen LogP contribution in [0.4, 0.5) is 34.1 Å². The summed E-state index contributed by atoms with van der Waals surface area (Å²) in [5.74, 6) is 0.0867. The van der Waals surface area contributed by atoms with Crippen LogP contribution in [0.3, 0.4) is 0 Å². The van der Waals surface area contributed by atoms with Crippen molar-refractivity contribution in [3.8, 4) is 0 Å². The number of nitrogens with one attached hydrogen (secondary N) is 6. The monoisotopic (exact) mass is 2000 g/mol. The summed E-state index contributed by atoms with van der Waals surface area (Å²) in [6.45, 7) is 6.08. The Hall–Kier alpha value is -14.6. The molecule has 6 N–H and O–H groups in total. The SMILES string of the molecule is CN1C(=O)C2(NN=C(Cc3ccccc3)S2)c2ccccc21.CN1C(=O)C2(NN=C(c3ccccc3)S2)c2ccccc21.CN1CC2(NN=C(c3ccccc3)S2)c2ccccc21.Cc1ccc2c(c1)C1(NN=C(c3ccccc3)S1)C(=O)N2C.Cc1ccc2c(c1)C1(NN=C(c3ccccc3)S1)C(=O)N2CCc1ccccc1.O=C1N(Cc2ccccc2Cl)c2ccccc2C12NN=C(c1ccccc1)S2. The zero-order valence-corrected chi connectivity index (χ0v) is 83.6. The fraction of sp³-hybridized carbons (Fsp3) is 0.152. The molecule has 0 radical (unpaired) electrons. The number of carbonyl (C=O) groups is 5. The number of para-hydroxylation sites is 4. The smallest absolute Gasteiger partial charge is 0.270 e. The number of anilines is 6. The van der Waals surface area contributed by atoms with Gasteiger partial charge in [-0.1, -0.05) is 421 Å². The minimum absolute atomic E-state index is 0.0170. The highest BCUT2D eigenvalue weighted by atomic mass is 35.5. The molecule has 142 heavy (non-hydrogen) atoms. The van der Waals surface area contributed by atoms with Gasteiger partial charge in [0.15, 0.2) is 4.87 Å². The summed E-state index contributed by atoms with van der Waals surface area (Å²) in [5, 5.41) is 32.9. The molecule has 0 bridgehead atoms. The molecular weight excluding hydrogens is 1910 g/mol. The Morgan fingerprint density at radius 2 is 0.613 bits per heavy atom. The van der Waals surface area contributed by atoms with Gasteiger partial charge >= 0.3 is 0 Å². The summed E-state index contributed by atoms with van der Waals surface area (Å²) >= 11 is 15.6. The third kappa shape index (κ3) is 17.2. The highest BCUT2D eigenvalue weighted by Gasteiger charge is 2.60. The molecule has 14 aromatic rings. The van der Waals surface area contributed by atoms with Crippen molar-refractivity contribution >= 4 is 176 Å². The molecule has 23 nitrogen and oxygen atoms in total. The van der Waals surface area contributed by atoms with Gasteiger partial charge in [-0.25, -0.2) is 0 Å². The molecule has 6 spiro atoms. The number of fused-ring (bicyclic) bond motifs is 12. The Morgan fingerprint density at radius 1 is 0.296 bits per heavy atom. The highest BCUT2D eigenvalue weighted by Crippen LogP contribution is 2.57. The molecule has 12 aliphatic heterocycles. The summed E-state index contributed by atoms with van der Waals surface area (Å²) in [7, 11) is 7.57. The first-order valence-corrected chi connectivity index (χ1v) is 51.6. The molecule has 0 saturated carbocycles. The van der Waals surface area contributed by atoms with E-state index in [1.54, 1.807) is 26.6 Å². The second kappa shape index (κ2) is 39.1. The fourth-order valence-electron chi connectivity index (χ4n) is 19.0. The highest BCUT2D eigenvalue weighted by molar-refractivity contribution is 8.17. The van der Waals surface area contributed by atoms with Gasteiger partial charge in [-0.3, -0.25) is 56.5 Å². The van der Waals surface area contributed by atoms with E-state index in [0.29, 0.717) is 18.1 Å². The molecule has 706 valence electrons. The number of halogens is 1. The van der Waals surface area contributed by atoms with E-state index in [1.807, 2.05) is 311 Å². The van der Waals surface area contributed by atoms with E-state index in [9.17, 15) is 24.0 Å². The van der Waals surface area contributed by atoms with Gasteiger partial charge in [0.25, 0.3) is 29.5 Å². The van der Waals surface area contributed by atoms with E-state index in [1.165, 1.54) is 86.8 Å². The summed E-state index contributed by atoms with van der Waals surface area (Å²) in [6, 6.07) is 123. The zero-order valence-electron chi connectivity index (χ0n) is 78.0. The van der Waals surface area contributed by atoms with E-state index in [-0.39, 0.29) is 34.4 Å². The van der Waals surface area contributed by atoms with E-state index < -0.39 is 24.4 Å². The van der Waals surface area contributed by atoms with Gasteiger partial charge in [0.05, 0.1) is 41.5 Å². The number of benzene rings is 14. The lowest BCUT2D eigenvalue weighted by atomic mass is 10.1. The molecule has 0 aliphatic carbocycles. The van der Waals surface area contributed by atoms with Crippen LogP contribution in [0.25, 0.3) is 0 Å². The van der Waals surface area contributed by atoms with Crippen molar-refractivity contribution in [2.24, 2.45) is 30.6 Å². The summed E-state index contributed by atoms with van der Waals surface area (Å²) in [6.07, 6.45) is 1.55. The van der Waals surface area contributed by atoms with E-state index >= 15 is 0 Å². The molecule has 0 aromatic heterocycles. The average molecular weight is 2000 g/mol. The van der Waals surface area contributed by atoms with E-state index in [0.717, 1.165) is 145 Å². The molecule has 6 atom stereocenters. The van der Waals surface area contributed by atoms with Crippen LogP contribution in [0.1, 0.15) is 89.0 Å². The molecule has 0 saturated heterocycles. The van der Waals surface area contributed by atoms with Crippen molar-refractivity contribution < 1.29 is 24.0 Å². The fourth-order valence-corrected chi connectivity index (χ4v) is 26.7. The van der Waals surface area contributed by atoms with Crippen molar-refractivity contribution in [1.82, 2.24) is 32.6 Å². The number of hydrogen-bond acceptors (Lipinski definition) is 24. The molecule has 5 amide bonds. The van der Waals surface area contributed by atoms with Crippen molar-refractivity contribution in [2.75, 3.05) is 70.7 Å². The van der Waals surface area contributed by atoms with Crippen molar-refractivity contribution in [3.05, 3.63) is 464 Å². The largest absolute Gasteiger partial charge is 0.371 e. The number of likely N-dealkylation sites (N-methyl/N-ethyl adjacent to an activating group) is 4. The van der Waals surface area contributed by atoms with Crippen LogP contribution >= 0.6 is 82.2 Å². The zero-order chi connectivity index (χ0) is 97.5. The first-order valence-electron chi connectivity index (χ1n) is 46.3. The molecule has 30 heteroatoms. The van der Waals surface area contributed by atoms with E-state index in [4.69, 9.17) is 11.6 Å². The lowest BCUT2D eigenvalue weighted by Gasteiger charge is -2.23. The van der Waals surface area contributed by atoms with Crippen LogP contribution in [-0.4, -0.2) is 101 Å². The predicted octanol–water partition coefficient (Wildman–Crippen LogP) is 20.2. The normalized spacial score (nSPS) is 21.9. The maximum absolute atomic E-state index is 13.7. The minimum Gasteiger partial charge on any atom is -0.371 e. The first-order chi connectivity index (χ1) is 69.2. The van der Waals surface area contributed by atoms with Crippen LogP contribution in [0.15, 0.2) is 401 Å². The number of rotatable bonds is 12.